The zero-order valence-electron chi connectivity index (χ0n) is 12.2. The van der Waals surface area contributed by atoms with Gasteiger partial charge in [-0.1, -0.05) is 36.4 Å². The normalized spacial score (nSPS) is 11.3. The van der Waals surface area contributed by atoms with E-state index in [9.17, 15) is 14.0 Å². The third-order valence-electron chi connectivity index (χ3n) is 2.75. The van der Waals surface area contributed by atoms with Gasteiger partial charge in [0.1, 0.15) is 5.83 Å². The molecular weight excluding hydrogens is 295 g/mol. The number of nitrogens with one attached hydrogen (secondary N) is 2. The van der Waals surface area contributed by atoms with Gasteiger partial charge in [-0.25, -0.2) is 4.39 Å². The molecule has 2 aromatic carbocycles. The minimum atomic E-state index is -0.818. The van der Waals surface area contributed by atoms with Gasteiger partial charge >= 0.3 is 0 Å². The summed E-state index contributed by atoms with van der Waals surface area (Å²) >= 11 is 0. The molecule has 0 aliphatic carbocycles. The Balaban J connectivity index is 1.88. The molecule has 0 fully saturated rings. The van der Waals surface area contributed by atoms with E-state index in [0.717, 1.165) is 18.2 Å². The van der Waals surface area contributed by atoms with E-state index >= 15 is 0 Å². The maximum atomic E-state index is 13.6. The fraction of sp³-hybridized carbons (Fsp3) is 0. The molecular formula is C18H15FN2O2. The quantitative estimate of drug-likeness (QED) is 0.654. The van der Waals surface area contributed by atoms with Crippen LogP contribution in [-0.4, -0.2) is 11.8 Å². The number of carbonyl (C=O) groups excluding carboxylic acids is 2. The number of amides is 2. The molecule has 2 aromatic rings. The molecule has 0 saturated carbocycles. The molecule has 23 heavy (non-hydrogen) atoms. The summed E-state index contributed by atoms with van der Waals surface area (Å²) in [5.74, 6) is -1.91. The Kier molecular flexibility index (Phi) is 5.82. The molecule has 0 atom stereocenters. The van der Waals surface area contributed by atoms with Gasteiger partial charge in [0.15, 0.2) is 0 Å². The van der Waals surface area contributed by atoms with Crippen LogP contribution >= 0.6 is 0 Å². The van der Waals surface area contributed by atoms with Crippen molar-refractivity contribution in [2.75, 3.05) is 10.6 Å². The van der Waals surface area contributed by atoms with Crippen molar-refractivity contribution in [3.05, 3.63) is 84.7 Å². The highest BCUT2D eigenvalue weighted by Gasteiger charge is 2.01. The van der Waals surface area contributed by atoms with Gasteiger partial charge in [-0.05, 0) is 30.3 Å². The molecule has 0 aliphatic rings. The van der Waals surface area contributed by atoms with Gasteiger partial charge in [0.2, 0.25) is 5.91 Å². The first-order valence-electron chi connectivity index (χ1n) is 6.91. The number of rotatable bonds is 5. The van der Waals surface area contributed by atoms with Gasteiger partial charge < -0.3 is 10.6 Å². The summed E-state index contributed by atoms with van der Waals surface area (Å²) < 4.78 is 13.6. The number of benzene rings is 2. The maximum absolute atomic E-state index is 13.6. The first-order valence-corrected chi connectivity index (χ1v) is 6.91. The van der Waals surface area contributed by atoms with Crippen LogP contribution in [0.1, 0.15) is 0 Å². The molecule has 0 unspecified atom stereocenters. The summed E-state index contributed by atoms with van der Waals surface area (Å²) in [7, 11) is 0. The van der Waals surface area contributed by atoms with Crippen LogP contribution in [0.4, 0.5) is 15.8 Å². The molecule has 0 heterocycles. The molecule has 0 bridgehead atoms. The van der Waals surface area contributed by atoms with Crippen molar-refractivity contribution in [3.63, 3.8) is 0 Å². The zero-order chi connectivity index (χ0) is 16.5. The van der Waals surface area contributed by atoms with Crippen LogP contribution < -0.4 is 10.6 Å². The van der Waals surface area contributed by atoms with Crippen molar-refractivity contribution < 1.29 is 14.0 Å². The lowest BCUT2D eigenvalue weighted by atomic mass is 10.3. The molecule has 2 N–H and O–H groups in total. The van der Waals surface area contributed by atoms with Crippen molar-refractivity contribution in [3.8, 4) is 0 Å². The summed E-state index contributed by atoms with van der Waals surface area (Å²) in [6.45, 7) is 0. The van der Waals surface area contributed by atoms with E-state index in [0.29, 0.717) is 11.4 Å². The van der Waals surface area contributed by atoms with Gasteiger partial charge in [0, 0.05) is 23.5 Å². The summed E-state index contributed by atoms with van der Waals surface area (Å²) in [5, 5.41) is 5.08. The van der Waals surface area contributed by atoms with E-state index in [1.165, 1.54) is 0 Å². The number of carbonyl (C=O) groups is 2. The van der Waals surface area contributed by atoms with Crippen molar-refractivity contribution in [2.24, 2.45) is 0 Å². The molecule has 0 aromatic heterocycles. The first-order chi connectivity index (χ1) is 11.1. The second kappa shape index (κ2) is 8.29. The lowest BCUT2D eigenvalue weighted by Gasteiger charge is -2.01. The highest BCUT2D eigenvalue weighted by molar-refractivity contribution is 6.01. The smallest absolute Gasteiger partial charge is 0.251 e. The second-order valence-corrected chi connectivity index (χ2v) is 4.57. The summed E-state index contributed by atoms with van der Waals surface area (Å²) in [5.41, 5.74) is 1.17. The minimum Gasteiger partial charge on any atom is -0.323 e. The van der Waals surface area contributed by atoms with E-state index in [4.69, 9.17) is 0 Å². The lowest BCUT2D eigenvalue weighted by Crippen LogP contribution is -2.09. The van der Waals surface area contributed by atoms with Crippen LogP contribution in [0.25, 0.3) is 0 Å². The van der Waals surface area contributed by atoms with Gasteiger partial charge in [-0.15, -0.1) is 0 Å². The van der Waals surface area contributed by atoms with Crippen molar-refractivity contribution in [2.45, 2.75) is 0 Å². The highest BCUT2D eigenvalue weighted by atomic mass is 19.1. The van der Waals surface area contributed by atoms with E-state index in [2.05, 4.69) is 10.6 Å². The zero-order valence-corrected chi connectivity index (χ0v) is 12.2. The monoisotopic (exact) mass is 310 g/mol. The Labute approximate surface area is 133 Å². The van der Waals surface area contributed by atoms with Crippen LogP contribution in [0.3, 0.4) is 0 Å². The fourth-order valence-corrected chi connectivity index (χ4v) is 1.73. The number of anilines is 2. The highest BCUT2D eigenvalue weighted by Crippen LogP contribution is 2.07. The minimum absolute atomic E-state index is 0.483. The van der Waals surface area contributed by atoms with E-state index in [1.807, 2.05) is 6.07 Å². The molecule has 5 heteroatoms. The van der Waals surface area contributed by atoms with E-state index in [-0.39, 0.29) is 0 Å². The molecule has 116 valence electrons. The molecule has 0 radical (unpaired) electrons. The molecule has 2 rings (SSSR count). The second-order valence-electron chi connectivity index (χ2n) is 4.57. The first kappa shape index (κ1) is 16.2. The van der Waals surface area contributed by atoms with Gasteiger partial charge in [0.05, 0.1) is 0 Å². The molecule has 0 aliphatic heterocycles. The predicted molar refractivity (Wildman–Crippen MR) is 88.5 cm³/mol. The Bertz CT molecular complexity index is 725. The van der Waals surface area contributed by atoms with Crippen molar-refractivity contribution >= 4 is 23.2 Å². The van der Waals surface area contributed by atoms with Crippen LogP contribution in [0.15, 0.2) is 84.7 Å². The number of halogens is 1. The van der Waals surface area contributed by atoms with Crippen molar-refractivity contribution in [1.82, 2.24) is 0 Å². The predicted octanol–water partition coefficient (Wildman–Crippen LogP) is 3.67. The van der Waals surface area contributed by atoms with Crippen LogP contribution in [0.2, 0.25) is 0 Å². The Morgan fingerprint density at radius 1 is 0.739 bits per heavy atom. The fourth-order valence-electron chi connectivity index (χ4n) is 1.73. The van der Waals surface area contributed by atoms with Crippen LogP contribution in [0, 0.1) is 0 Å². The SMILES string of the molecule is O=C(/C=C(F)/C=C/C(=O)Nc1ccccc1)Nc1ccccc1. The molecule has 0 saturated heterocycles. The lowest BCUT2D eigenvalue weighted by molar-refractivity contribution is -0.112. The van der Waals surface area contributed by atoms with Gasteiger partial charge in [-0.3, -0.25) is 9.59 Å². The average molecular weight is 310 g/mol. The van der Waals surface area contributed by atoms with Crippen LogP contribution in [-0.2, 0) is 9.59 Å². The van der Waals surface area contributed by atoms with E-state index < -0.39 is 17.6 Å². The molecule has 4 nitrogen and oxygen atoms in total. The Morgan fingerprint density at radius 2 is 1.22 bits per heavy atom. The summed E-state index contributed by atoms with van der Waals surface area (Å²) in [6.07, 6.45) is 2.73. The third-order valence-corrected chi connectivity index (χ3v) is 2.75. The average Bonchev–Trinajstić information content (AvgIpc) is 2.55. The molecule has 0 spiro atoms. The summed E-state index contributed by atoms with van der Waals surface area (Å²) in [4.78, 5) is 23.2. The Morgan fingerprint density at radius 3 is 1.74 bits per heavy atom. The summed E-state index contributed by atoms with van der Waals surface area (Å²) in [6, 6.07) is 17.5. The maximum Gasteiger partial charge on any atom is 0.251 e. The Hall–Kier alpha value is -3.21. The number of hydrogen-bond acceptors (Lipinski definition) is 2. The number of hydrogen-bond donors (Lipinski definition) is 2. The third kappa shape index (κ3) is 5.97. The van der Waals surface area contributed by atoms with Gasteiger partial charge in [0.25, 0.3) is 5.91 Å². The largest absolute Gasteiger partial charge is 0.323 e. The molecule has 2 amide bonds. The van der Waals surface area contributed by atoms with Gasteiger partial charge in [-0.2, -0.15) is 0 Å². The van der Waals surface area contributed by atoms with Crippen molar-refractivity contribution in [1.29, 1.82) is 0 Å². The topological polar surface area (TPSA) is 58.2 Å². The number of allylic oxidation sites excluding steroid dienone is 2. The number of para-hydroxylation sites is 2. The standard InChI is InChI=1S/C18H15FN2O2/c19-14(13-18(23)21-16-9-5-2-6-10-16)11-12-17(22)20-15-7-3-1-4-8-15/h1-13H,(H,20,22)(H,21,23)/b12-11+,14-13-. The van der Waals surface area contributed by atoms with Crippen LogP contribution in [0.5, 0.6) is 0 Å². The van der Waals surface area contributed by atoms with E-state index in [1.54, 1.807) is 54.6 Å².